The smallest absolute Gasteiger partial charge is 0.323 e. The van der Waals surface area contributed by atoms with Crippen LogP contribution in [0, 0.1) is 0 Å². The average Bonchev–Trinajstić information content (AvgIpc) is 2.34. The highest BCUT2D eigenvalue weighted by Gasteiger charge is 2.15. The molecule has 0 aliphatic heterocycles. The molecule has 0 amide bonds. The zero-order valence-corrected chi connectivity index (χ0v) is 10.0. The Morgan fingerprint density at radius 2 is 2.00 bits per heavy atom. The standard InChI is InChI=1S/C13H19NO3/c1-10(15)7-8-12(14)13(16)17-9-11-5-3-2-4-6-11/h2-6,10,12,15H,7-9,14H2,1H3/t10?,12-/m0/s1. The van der Waals surface area contributed by atoms with Crippen LogP contribution in [0.5, 0.6) is 0 Å². The zero-order valence-electron chi connectivity index (χ0n) is 10.0. The maximum absolute atomic E-state index is 11.5. The highest BCUT2D eigenvalue weighted by molar-refractivity contribution is 5.75. The molecular formula is C13H19NO3. The van der Waals surface area contributed by atoms with Crippen molar-refractivity contribution in [2.75, 3.05) is 0 Å². The molecule has 0 saturated carbocycles. The summed E-state index contributed by atoms with van der Waals surface area (Å²) in [6.07, 6.45) is 0.496. The Bertz CT molecular complexity index is 338. The fourth-order valence-corrected chi connectivity index (χ4v) is 1.37. The van der Waals surface area contributed by atoms with Gasteiger partial charge in [-0.1, -0.05) is 30.3 Å². The van der Waals surface area contributed by atoms with Gasteiger partial charge in [-0.15, -0.1) is 0 Å². The molecule has 1 aromatic rings. The molecule has 1 unspecified atom stereocenters. The Balaban J connectivity index is 2.29. The second kappa shape index (κ2) is 7.04. The van der Waals surface area contributed by atoms with Crippen molar-refractivity contribution >= 4 is 5.97 Å². The lowest BCUT2D eigenvalue weighted by Crippen LogP contribution is -2.32. The topological polar surface area (TPSA) is 72.5 Å². The molecule has 4 heteroatoms. The lowest BCUT2D eigenvalue weighted by Gasteiger charge is -2.12. The van der Waals surface area contributed by atoms with Crippen LogP contribution in [0.3, 0.4) is 0 Å². The van der Waals surface area contributed by atoms with Gasteiger partial charge in [-0.2, -0.15) is 0 Å². The van der Waals surface area contributed by atoms with Crippen LogP contribution in [0.25, 0.3) is 0 Å². The Hall–Kier alpha value is -1.39. The number of hydrogen-bond donors (Lipinski definition) is 2. The van der Waals surface area contributed by atoms with Crippen molar-refractivity contribution in [3.8, 4) is 0 Å². The van der Waals surface area contributed by atoms with E-state index in [1.165, 1.54) is 0 Å². The first-order chi connectivity index (χ1) is 8.09. The van der Waals surface area contributed by atoms with Crippen LogP contribution in [-0.4, -0.2) is 23.2 Å². The third-order valence-electron chi connectivity index (χ3n) is 2.42. The maximum atomic E-state index is 11.5. The Morgan fingerprint density at radius 1 is 1.35 bits per heavy atom. The SMILES string of the molecule is CC(O)CC[C@H](N)C(=O)OCc1ccccc1. The number of aliphatic hydroxyl groups excluding tert-OH is 1. The minimum Gasteiger partial charge on any atom is -0.460 e. The van der Waals surface area contributed by atoms with Gasteiger partial charge < -0.3 is 15.6 Å². The Morgan fingerprint density at radius 3 is 2.59 bits per heavy atom. The number of benzene rings is 1. The molecule has 0 spiro atoms. The Labute approximate surface area is 101 Å². The van der Waals surface area contributed by atoms with E-state index in [1.54, 1.807) is 6.92 Å². The van der Waals surface area contributed by atoms with E-state index >= 15 is 0 Å². The minimum atomic E-state index is -0.659. The van der Waals surface area contributed by atoms with Gasteiger partial charge in [-0.05, 0) is 25.3 Å². The summed E-state index contributed by atoms with van der Waals surface area (Å²) >= 11 is 0. The number of nitrogens with two attached hydrogens (primary N) is 1. The molecular weight excluding hydrogens is 218 g/mol. The molecule has 1 aromatic carbocycles. The van der Waals surface area contributed by atoms with Crippen molar-refractivity contribution in [3.63, 3.8) is 0 Å². The molecule has 0 aliphatic carbocycles. The quantitative estimate of drug-likeness (QED) is 0.730. The highest BCUT2D eigenvalue weighted by Crippen LogP contribution is 2.04. The van der Waals surface area contributed by atoms with Crippen molar-refractivity contribution in [1.29, 1.82) is 0 Å². The summed E-state index contributed by atoms with van der Waals surface area (Å²) in [5, 5.41) is 9.08. The van der Waals surface area contributed by atoms with E-state index in [2.05, 4.69) is 0 Å². The van der Waals surface area contributed by atoms with Gasteiger partial charge in [0.1, 0.15) is 12.6 Å². The molecule has 0 fully saturated rings. The van der Waals surface area contributed by atoms with E-state index in [0.29, 0.717) is 12.8 Å². The highest BCUT2D eigenvalue weighted by atomic mass is 16.5. The summed E-state index contributed by atoms with van der Waals surface area (Å²) in [7, 11) is 0. The Kier molecular flexibility index (Phi) is 5.66. The number of rotatable bonds is 6. The van der Waals surface area contributed by atoms with Gasteiger partial charge in [0.05, 0.1) is 6.10 Å². The van der Waals surface area contributed by atoms with Crippen LogP contribution < -0.4 is 5.73 Å². The fraction of sp³-hybridized carbons (Fsp3) is 0.462. The largest absolute Gasteiger partial charge is 0.460 e. The molecule has 17 heavy (non-hydrogen) atoms. The lowest BCUT2D eigenvalue weighted by molar-refractivity contribution is -0.146. The van der Waals surface area contributed by atoms with E-state index < -0.39 is 18.1 Å². The first-order valence-electron chi connectivity index (χ1n) is 5.74. The van der Waals surface area contributed by atoms with Crippen molar-refractivity contribution < 1.29 is 14.6 Å². The summed E-state index contributed by atoms with van der Waals surface area (Å²) in [6.45, 7) is 1.91. The van der Waals surface area contributed by atoms with E-state index in [1.807, 2.05) is 30.3 Å². The van der Waals surface area contributed by atoms with Crippen molar-refractivity contribution in [1.82, 2.24) is 0 Å². The van der Waals surface area contributed by atoms with Crippen LogP contribution in [0.4, 0.5) is 0 Å². The van der Waals surface area contributed by atoms with Crippen LogP contribution in [0.2, 0.25) is 0 Å². The zero-order chi connectivity index (χ0) is 12.7. The number of hydrogen-bond acceptors (Lipinski definition) is 4. The molecule has 0 aromatic heterocycles. The predicted molar refractivity (Wildman–Crippen MR) is 65.1 cm³/mol. The van der Waals surface area contributed by atoms with Crippen LogP contribution >= 0.6 is 0 Å². The summed E-state index contributed by atoms with van der Waals surface area (Å²) in [5.74, 6) is -0.422. The van der Waals surface area contributed by atoms with Crippen LogP contribution in [-0.2, 0) is 16.1 Å². The van der Waals surface area contributed by atoms with Crippen molar-refractivity contribution in [3.05, 3.63) is 35.9 Å². The first kappa shape index (κ1) is 13.7. The molecule has 0 heterocycles. The normalized spacial score (nSPS) is 14.1. The van der Waals surface area contributed by atoms with Gasteiger partial charge in [0, 0.05) is 0 Å². The van der Waals surface area contributed by atoms with E-state index in [0.717, 1.165) is 5.56 Å². The summed E-state index contributed by atoms with van der Waals surface area (Å²) in [5.41, 5.74) is 6.58. The van der Waals surface area contributed by atoms with Gasteiger partial charge in [0.25, 0.3) is 0 Å². The van der Waals surface area contributed by atoms with Gasteiger partial charge in [0.2, 0.25) is 0 Å². The van der Waals surface area contributed by atoms with Gasteiger partial charge in [-0.25, -0.2) is 0 Å². The van der Waals surface area contributed by atoms with E-state index in [9.17, 15) is 4.79 Å². The molecule has 1 rings (SSSR count). The minimum absolute atomic E-state index is 0.238. The summed E-state index contributed by atoms with van der Waals surface area (Å²) in [4.78, 5) is 11.5. The molecule has 4 nitrogen and oxygen atoms in total. The number of esters is 1. The fourth-order valence-electron chi connectivity index (χ4n) is 1.37. The third-order valence-corrected chi connectivity index (χ3v) is 2.42. The molecule has 0 radical (unpaired) electrons. The monoisotopic (exact) mass is 237 g/mol. The molecule has 94 valence electrons. The molecule has 0 bridgehead atoms. The molecule has 0 aliphatic rings. The number of ether oxygens (including phenoxy) is 1. The number of carbonyl (C=O) groups is 1. The molecule has 2 atom stereocenters. The summed E-state index contributed by atoms with van der Waals surface area (Å²) in [6, 6.07) is 8.78. The molecule has 3 N–H and O–H groups in total. The van der Waals surface area contributed by atoms with E-state index in [4.69, 9.17) is 15.6 Å². The number of aliphatic hydroxyl groups is 1. The first-order valence-corrected chi connectivity index (χ1v) is 5.74. The summed E-state index contributed by atoms with van der Waals surface area (Å²) < 4.78 is 5.08. The lowest BCUT2D eigenvalue weighted by atomic mass is 10.1. The van der Waals surface area contributed by atoms with Crippen molar-refractivity contribution in [2.24, 2.45) is 5.73 Å². The predicted octanol–water partition coefficient (Wildman–Crippen LogP) is 1.22. The van der Waals surface area contributed by atoms with Gasteiger partial charge >= 0.3 is 5.97 Å². The third kappa shape index (κ3) is 5.47. The van der Waals surface area contributed by atoms with Crippen molar-refractivity contribution in [2.45, 2.75) is 38.5 Å². The van der Waals surface area contributed by atoms with Gasteiger partial charge in [-0.3, -0.25) is 4.79 Å². The second-order valence-electron chi connectivity index (χ2n) is 4.13. The van der Waals surface area contributed by atoms with Gasteiger partial charge in [0.15, 0.2) is 0 Å². The van der Waals surface area contributed by atoms with Crippen LogP contribution in [0.15, 0.2) is 30.3 Å². The number of carbonyl (C=O) groups excluding carboxylic acids is 1. The second-order valence-corrected chi connectivity index (χ2v) is 4.13. The van der Waals surface area contributed by atoms with Crippen LogP contribution in [0.1, 0.15) is 25.3 Å². The van der Waals surface area contributed by atoms with E-state index in [-0.39, 0.29) is 6.61 Å². The molecule has 0 saturated heterocycles. The average molecular weight is 237 g/mol. The maximum Gasteiger partial charge on any atom is 0.323 e.